The van der Waals surface area contributed by atoms with Crippen LogP contribution in [0.4, 0.5) is 0 Å². The van der Waals surface area contributed by atoms with Gasteiger partial charge >= 0.3 is 0 Å². The van der Waals surface area contributed by atoms with Crippen molar-refractivity contribution in [3.63, 3.8) is 0 Å². The predicted molar refractivity (Wildman–Crippen MR) is 28.3 cm³/mol. The highest BCUT2D eigenvalue weighted by molar-refractivity contribution is 5.58. The molecule has 0 aromatic rings. The van der Waals surface area contributed by atoms with Crippen molar-refractivity contribution in [2.75, 3.05) is 6.61 Å². The number of aliphatic hydroxyl groups is 1. The number of hydrogen-bond donors (Lipinski definition) is 1. The van der Waals surface area contributed by atoms with E-state index in [9.17, 15) is 4.79 Å². The van der Waals surface area contributed by atoms with E-state index in [-0.39, 0.29) is 0 Å². The second-order valence-electron chi connectivity index (χ2n) is 1.61. The molecule has 3 nitrogen and oxygen atoms in total. The second kappa shape index (κ2) is 2.79. The Labute approximate surface area is 48.3 Å². The fourth-order valence-electron chi connectivity index (χ4n) is 0.326. The van der Waals surface area contributed by atoms with Crippen LogP contribution in [0.25, 0.3) is 0 Å². The van der Waals surface area contributed by atoms with Crippen molar-refractivity contribution in [2.45, 2.75) is 19.6 Å². The van der Waals surface area contributed by atoms with Crippen molar-refractivity contribution >= 4 is 6.29 Å². The van der Waals surface area contributed by atoms with Crippen LogP contribution in [0, 0.1) is 0 Å². The molecule has 0 aromatic carbocycles. The van der Waals surface area contributed by atoms with Gasteiger partial charge in [-0.05, 0) is 13.8 Å². The topological polar surface area (TPSA) is 46.5 Å². The van der Waals surface area contributed by atoms with Crippen LogP contribution in [0.2, 0.25) is 0 Å². The van der Waals surface area contributed by atoms with Gasteiger partial charge in [-0.2, -0.15) is 0 Å². The van der Waals surface area contributed by atoms with E-state index in [4.69, 9.17) is 5.11 Å². The first-order valence-corrected chi connectivity index (χ1v) is 2.45. The highest BCUT2D eigenvalue weighted by Gasteiger charge is 2.17. The minimum Gasteiger partial charge on any atom is -0.360 e. The second-order valence-corrected chi connectivity index (χ2v) is 1.61. The van der Waals surface area contributed by atoms with E-state index in [1.54, 1.807) is 6.92 Å². The van der Waals surface area contributed by atoms with E-state index in [1.807, 2.05) is 0 Å². The Balaban J connectivity index is 3.53. The van der Waals surface area contributed by atoms with E-state index >= 15 is 0 Å². The first-order chi connectivity index (χ1) is 3.62. The van der Waals surface area contributed by atoms with Crippen LogP contribution < -0.4 is 0 Å². The lowest BCUT2D eigenvalue weighted by Crippen LogP contribution is -2.29. The van der Waals surface area contributed by atoms with Gasteiger partial charge in [-0.3, -0.25) is 4.79 Å². The Morgan fingerprint density at radius 2 is 2.38 bits per heavy atom. The van der Waals surface area contributed by atoms with E-state index in [2.05, 4.69) is 4.74 Å². The molecule has 1 atom stereocenters. The van der Waals surface area contributed by atoms with Gasteiger partial charge in [0, 0.05) is 6.61 Å². The van der Waals surface area contributed by atoms with Crippen molar-refractivity contribution in [1.82, 2.24) is 0 Å². The molecular weight excluding hydrogens is 108 g/mol. The Hall–Kier alpha value is -0.410. The number of hydrogen-bond acceptors (Lipinski definition) is 3. The van der Waals surface area contributed by atoms with Crippen molar-refractivity contribution in [1.29, 1.82) is 0 Å². The third-order valence-corrected chi connectivity index (χ3v) is 0.655. The normalized spacial score (nSPS) is 17.4. The molecule has 0 saturated carbocycles. The van der Waals surface area contributed by atoms with Gasteiger partial charge < -0.3 is 9.84 Å². The van der Waals surface area contributed by atoms with Gasteiger partial charge in [-0.1, -0.05) is 0 Å². The van der Waals surface area contributed by atoms with Crippen LogP contribution in [0.1, 0.15) is 13.8 Å². The summed E-state index contributed by atoms with van der Waals surface area (Å²) in [5, 5.41) is 8.73. The molecular formula is C5H10O3. The smallest absolute Gasteiger partial charge is 0.220 e. The van der Waals surface area contributed by atoms with Crippen LogP contribution in [0.3, 0.4) is 0 Å². The molecule has 0 heterocycles. The first-order valence-electron chi connectivity index (χ1n) is 2.45. The predicted octanol–water partition coefficient (Wildman–Crippen LogP) is -0.0697. The Morgan fingerprint density at radius 3 is 2.50 bits per heavy atom. The average Bonchev–Trinajstić information content (AvgIpc) is 1.67. The minimum absolute atomic E-state index is 0.339. The molecule has 1 N–H and O–H groups in total. The summed E-state index contributed by atoms with van der Waals surface area (Å²) in [6.07, 6.45) is 0.358. The molecule has 8 heavy (non-hydrogen) atoms. The van der Waals surface area contributed by atoms with Gasteiger partial charge in [0.1, 0.15) is 0 Å². The molecule has 1 unspecified atom stereocenters. The third-order valence-electron chi connectivity index (χ3n) is 0.655. The van der Waals surface area contributed by atoms with Crippen LogP contribution in [-0.4, -0.2) is 23.8 Å². The zero-order valence-corrected chi connectivity index (χ0v) is 5.05. The Bertz CT molecular complexity index is 77.7. The fraction of sp³-hybridized carbons (Fsp3) is 0.800. The number of carbonyl (C=O) groups is 1. The summed E-state index contributed by atoms with van der Waals surface area (Å²) in [6.45, 7) is 3.34. The third kappa shape index (κ3) is 2.71. The number of aldehydes is 1. The zero-order valence-electron chi connectivity index (χ0n) is 5.05. The largest absolute Gasteiger partial charge is 0.360 e. The standard InChI is InChI=1S/C5H10O3/c1-3-8-5(2,7)4-6/h4,7H,3H2,1-2H3. The van der Waals surface area contributed by atoms with Gasteiger partial charge in [-0.25, -0.2) is 0 Å². The van der Waals surface area contributed by atoms with E-state index in [0.29, 0.717) is 12.9 Å². The van der Waals surface area contributed by atoms with Crippen LogP contribution in [-0.2, 0) is 9.53 Å². The molecule has 0 spiro atoms. The molecule has 0 amide bonds. The number of rotatable bonds is 3. The number of ether oxygens (including phenoxy) is 1. The van der Waals surface area contributed by atoms with Crippen molar-refractivity contribution in [3.8, 4) is 0 Å². The van der Waals surface area contributed by atoms with Gasteiger partial charge in [0.05, 0.1) is 0 Å². The SMILES string of the molecule is CCOC(C)(O)C=O. The summed E-state index contributed by atoms with van der Waals surface area (Å²) >= 11 is 0. The summed E-state index contributed by atoms with van der Waals surface area (Å²) in [6, 6.07) is 0. The summed E-state index contributed by atoms with van der Waals surface area (Å²) in [4.78, 5) is 9.84. The quantitative estimate of drug-likeness (QED) is 0.417. The van der Waals surface area contributed by atoms with Gasteiger partial charge in [0.2, 0.25) is 5.79 Å². The van der Waals surface area contributed by atoms with E-state index in [1.165, 1.54) is 6.92 Å². The molecule has 0 aromatic heterocycles. The van der Waals surface area contributed by atoms with Gasteiger partial charge in [-0.15, -0.1) is 0 Å². The number of carbonyl (C=O) groups excluding carboxylic acids is 1. The molecule has 0 saturated heterocycles. The molecule has 0 aliphatic carbocycles. The lowest BCUT2D eigenvalue weighted by atomic mass is 10.4. The molecule has 0 aliphatic heterocycles. The molecule has 48 valence electrons. The summed E-state index contributed by atoms with van der Waals surface area (Å²) in [7, 11) is 0. The van der Waals surface area contributed by atoms with E-state index in [0.717, 1.165) is 0 Å². The summed E-state index contributed by atoms with van der Waals surface area (Å²) in [5.41, 5.74) is 0. The Morgan fingerprint density at radius 1 is 1.88 bits per heavy atom. The molecule has 0 fully saturated rings. The molecule has 0 radical (unpaired) electrons. The van der Waals surface area contributed by atoms with Crippen LogP contribution in [0.5, 0.6) is 0 Å². The minimum atomic E-state index is -1.59. The van der Waals surface area contributed by atoms with Crippen molar-refractivity contribution < 1.29 is 14.6 Å². The fourth-order valence-corrected chi connectivity index (χ4v) is 0.326. The maximum atomic E-state index is 9.84. The summed E-state index contributed by atoms with van der Waals surface area (Å²) in [5.74, 6) is -1.59. The van der Waals surface area contributed by atoms with Crippen molar-refractivity contribution in [2.24, 2.45) is 0 Å². The highest BCUT2D eigenvalue weighted by Crippen LogP contribution is 1.98. The summed E-state index contributed by atoms with van der Waals surface area (Å²) < 4.78 is 4.57. The molecule has 0 aliphatic rings. The maximum Gasteiger partial charge on any atom is 0.220 e. The van der Waals surface area contributed by atoms with Gasteiger partial charge in [0.25, 0.3) is 0 Å². The lowest BCUT2D eigenvalue weighted by Gasteiger charge is -2.13. The molecule has 3 heteroatoms. The average molecular weight is 118 g/mol. The zero-order chi connectivity index (χ0) is 6.62. The monoisotopic (exact) mass is 118 g/mol. The lowest BCUT2D eigenvalue weighted by molar-refractivity contribution is -0.182. The van der Waals surface area contributed by atoms with Crippen molar-refractivity contribution in [3.05, 3.63) is 0 Å². The highest BCUT2D eigenvalue weighted by atomic mass is 16.6. The van der Waals surface area contributed by atoms with Crippen LogP contribution >= 0.6 is 0 Å². The molecule has 0 rings (SSSR count). The first kappa shape index (κ1) is 7.59. The van der Waals surface area contributed by atoms with E-state index < -0.39 is 5.79 Å². The maximum absolute atomic E-state index is 9.84. The van der Waals surface area contributed by atoms with Gasteiger partial charge in [0.15, 0.2) is 6.29 Å². The van der Waals surface area contributed by atoms with Crippen LogP contribution in [0.15, 0.2) is 0 Å². The molecule has 0 bridgehead atoms. The Kier molecular flexibility index (Phi) is 2.65.